The minimum atomic E-state index is -0.453. The van der Waals surface area contributed by atoms with E-state index in [4.69, 9.17) is 15.9 Å². The first-order valence-electron chi connectivity index (χ1n) is 12.0. The number of hydrogen-bond acceptors (Lipinski definition) is 6. The maximum atomic E-state index is 13.6. The first-order chi connectivity index (χ1) is 17.4. The highest BCUT2D eigenvalue weighted by atomic mass is 16.5. The summed E-state index contributed by atoms with van der Waals surface area (Å²) in [6.07, 6.45) is 6.32. The Morgan fingerprint density at radius 3 is 2.58 bits per heavy atom. The molecule has 5 rings (SSSR count). The van der Waals surface area contributed by atoms with Crippen LogP contribution in [0.3, 0.4) is 0 Å². The van der Waals surface area contributed by atoms with E-state index in [0.717, 1.165) is 23.1 Å². The Labute approximate surface area is 209 Å². The van der Waals surface area contributed by atoms with Crippen molar-refractivity contribution < 1.29 is 14.3 Å². The topological polar surface area (TPSA) is 118 Å². The van der Waals surface area contributed by atoms with E-state index in [-0.39, 0.29) is 11.8 Å². The maximum absolute atomic E-state index is 13.6. The molecule has 186 valence electrons. The molecule has 2 aliphatic heterocycles. The molecule has 2 fully saturated rings. The number of carbonyl (C=O) groups is 2. The minimum absolute atomic E-state index is 0.0185. The first kappa shape index (κ1) is 23.6. The summed E-state index contributed by atoms with van der Waals surface area (Å²) in [5.41, 5.74) is 9.61. The van der Waals surface area contributed by atoms with Crippen LogP contribution in [0.4, 0.5) is 5.69 Å². The van der Waals surface area contributed by atoms with Crippen molar-refractivity contribution in [2.24, 2.45) is 18.2 Å². The van der Waals surface area contributed by atoms with Crippen molar-refractivity contribution >= 4 is 40.3 Å². The van der Waals surface area contributed by atoms with Gasteiger partial charge in [-0.15, -0.1) is 0 Å². The van der Waals surface area contributed by atoms with Gasteiger partial charge in [-0.05, 0) is 49.6 Å². The monoisotopic (exact) mass is 486 g/mol. The van der Waals surface area contributed by atoms with Crippen molar-refractivity contribution in [2.45, 2.75) is 19.3 Å². The van der Waals surface area contributed by atoms with Gasteiger partial charge < -0.3 is 30.2 Å². The molecule has 1 spiro atoms. The molecule has 0 atom stereocenters. The second-order valence-corrected chi connectivity index (χ2v) is 9.49. The number of aryl methyl sites for hydroxylation is 1. The van der Waals surface area contributed by atoms with Crippen LogP contribution in [0.5, 0.6) is 5.75 Å². The van der Waals surface area contributed by atoms with E-state index < -0.39 is 5.41 Å². The van der Waals surface area contributed by atoms with E-state index in [9.17, 15) is 9.59 Å². The molecule has 1 aromatic heterocycles. The Hall–Kier alpha value is -4.14. The summed E-state index contributed by atoms with van der Waals surface area (Å²) in [6, 6.07) is 11.1. The van der Waals surface area contributed by atoms with Crippen LogP contribution >= 0.6 is 0 Å². The highest BCUT2D eigenvalue weighted by Gasteiger charge is 2.49. The Kier molecular flexibility index (Phi) is 5.99. The number of amides is 2. The smallest absolute Gasteiger partial charge is 0.253 e. The summed E-state index contributed by atoms with van der Waals surface area (Å²) in [5, 5.41) is 7.56. The number of rotatable bonds is 5. The number of hydrogen-bond donors (Lipinski definition) is 2. The number of benzene rings is 2. The summed E-state index contributed by atoms with van der Waals surface area (Å²) in [7, 11) is 3.49. The number of nitrogens with two attached hydrogens (primary N) is 1. The van der Waals surface area contributed by atoms with Crippen molar-refractivity contribution in [3.8, 4) is 5.75 Å². The zero-order valence-electron chi connectivity index (χ0n) is 20.5. The SMILES string of the molecule is COc1cc(N2CCC3(CCN(C(=O)c4ccc5c(c4)ncn5C)CC3)C2=O)ccc1/C(C=N)=C/N. The van der Waals surface area contributed by atoms with Gasteiger partial charge in [-0.2, -0.15) is 0 Å². The molecule has 2 saturated heterocycles. The summed E-state index contributed by atoms with van der Waals surface area (Å²) < 4.78 is 7.45. The second-order valence-electron chi connectivity index (χ2n) is 9.49. The van der Waals surface area contributed by atoms with Gasteiger partial charge >= 0.3 is 0 Å². The number of nitrogens with zero attached hydrogens (tertiary/aromatic N) is 4. The second kappa shape index (κ2) is 9.14. The van der Waals surface area contributed by atoms with Crippen LogP contribution in [0.1, 0.15) is 35.2 Å². The number of carbonyl (C=O) groups excluding carboxylic acids is 2. The summed E-state index contributed by atoms with van der Waals surface area (Å²) >= 11 is 0. The maximum Gasteiger partial charge on any atom is 0.253 e. The van der Waals surface area contributed by atoms with Crippen molar-refractivity contribution in [3.63, 3.8) is 0 Å². The van der Waals surface area contributed by atoms with Gasteiger partial charge in [0, 0.05) is 67.6 Å². The van der Waals surface area contributed by atoms with Crippen LogP contribution in [0, 0.1) is 10.8 Å². The van der Waals surface area contributed by atoms with Crippen LogP contribution < -0.4 is 15.4 Å². The van der Waals surface area contributed by atoms with Crippen molar-refractivity contribution in [1.82, 2.24) is 14.5 Å². The van der Waals surface area contributed by atoms with Crippen LogP contribution in [0.15, 0.2) is 48.9 Å². The fourth-order valence-electron chi connectivity index (χ4n) is 5.42. The number of anilines is 1. The minimum Gasteiger partial charge on any atom is -0.496 e. The van der Waals surface area contributed by atoms with Crippen molar-refractivity contribution in [3.05, 3.63) is 60.1 Å². The Morgan fingerprint density at radius 2 is 1.89 bits per heavy atom. The molecule has 2 amide bonds. The standard InChI is InChI=1S/C27H30N6O3/c1-31-17-30-22-13-18(3-6-23(22)31)25(34)32-10-7-27(8-11-32)9-12-33(26(27)35)20-4-5-21(19(15-28)16-29)24(14-20)36-2/h3-6,13-17,28H,7-12,29H2,1-2H3/b19-16+,28-15?. The molecule has 9 nitrogen and oxygen atoms in total. The molecule has 3 aromatic rings. The van der Waals surface area contributed by atoms with E-state index in [1.165, 1.54) is 12.4 Å². The molecule has 0 unspecified atom stereocenters. The third kappa shape index (κ3) is 3.80. The molecule has 3 heterocycles. The van der Waals surface area contributed by atoms with Crippen LogP contribution in [0.2, 0.25) is 0 Å². The van der Waals surface area contributed by atoms with Crippen molar-refractivity contribution in [1.29, 1.82) is 5.41 Å². The lowest BCUT2D eigenvalue weighted by Crippen LogP contribution is -2.46. The van der Waals surface area contributed by atoms with Gasteiger partial charge in [0.1, 0.15) is 5.75 Å². The van der Waals surface area contributed by atoms with E-state index in [1.54, 1.807) is 13.4 Å². The van der Waals surface area contributed by atoms with Gasteiger partial charge in [0.15, 0.2) is 0 Å². The highest BCUT2D eigenvalue weighted by molar-refractivity contribution is 6.09. The third-order valence-electron chi connectivity index (χ3n) is 7.64. The Balaban J connectivity index is 1.30. The number of aromatic nitrogens is 2. The number of fused-ring (bicyclic) bond motifs is 1. The van der Waals surface area contributed by atoms with Gasteiger partial charge in [-0.3, -0.25) is 9.59 Å². The number of piperidine rings is 1. The first-order valence-corrected chi connectivity index (χ1v) is 12.0. The fraction of sp³-hybridized carbons (Fsp3) is 0.333. The third-order valence-corrected chi connectivity index (χ3v) is 7.64. The van der Waals surface area contributed by atoms with Gasteiger partial charge in [0.25, 0.3) is 5.91 Å². The lowest BCUT2D eigenvalue weighted by Gasteiger charge is -2.38. The average Bonchev–Trinajstić information content (AvgIpc) is 3.44. The predicted octanol–water partition coefficient (Wildman–Crippen LogP) is 3.19. The largest absolute Gasteiger partial charge is 0.496 e. The molecule has 0 aliphatic carbocycles. The van der Waals surface area contributed by atoms with Crippen LogP contribution in [0.25, 0.3) is 16.6 Å². The fourth-order valence-corrected chi connectivity index (χ4v) is 5.42. The number of ether oxygens (including phenoxy) is 1. The van der Waals surface area contributed by atoms with Gasteiger partial charge in [-0.1, -0.05) is 0 Å². The molecule has 0 radical (unpaired) electrons. The quantitative estimate of drug-likeness (QED) is 0.537. The Morgan fingerprint density at radius 1 is 1.14 bits per heavy atom. The summed E-state index contributed by atoms with van der Waals surface area (Å²) in [5.74, 6) is 0.641. The molecule has 0 saturated carbocycles. The molecule has 9 heteroatoms. The highest BCUT2D eigenvalue weighted by Crippen LogP contribution is 2.44. The molecular weight excluding hydrogens is 456 g/mol. The van der Waals surface area contributed by atoms with Gasteiger partial charge in [0.2, 0.25) is 5.91 Å². The molecule has 3 N–H and O–H groups in total. The molecule has 0 bridgehead atoms. The van der Waals surface area contributed by atoms with E-state index >= 15 is 0 Å². The molecule has 2 aliphatic rings. The average molecular weight is 487 g/mol. The molecule has 36 heavy (non-hydrogen) atoms. The van der Waals surface area contributed by atoms with Crippen molar-refractivity contribution in [2.75, 3.05) is 31.6 Å². The van der Waals surface area contributed by atoms with Gasteiger partial charge in [-0.25, -0.2) is 4.98 Å². The number of likely N-dealkylation sites (tertiary alicyclic amines) is 1. The zero-order chi connectivity index (χ0) is 25.4. The normalized spacial score (nSPS) is 17.7. The lowest BCUT2D eigenvalue weighted by atomic mass is 9.77. The number of nitrogens with one attached hydrogen (secondary N) is 1. The number of allylic oxidation sites excluding steroid dienone is 1. The van der Waals surface area contributed by atoms with Crippen LogP contribution in [-0.2, 0) is 11.8 Å². The lowest BCUT2D eigenvalue weighted by molar-refractivity contribution is -0.127. The zero-order valence-corrected chi connectivity index (χ0v) is 20.5. The number of methoxy groups -OCH3 is 1. The predicted molar refractivity (Wildman–Crippen MR) is 139 cm³/mol. The summed E-state index contributed by atoms with van der Waals surface area (Å²) in [4.78, 5) is 34.8. The Bertz CT molecular complexity index is 1380. The molecular formula is C27H30N6O3. The van der Waals surface area contributed by atoms with E-state index in [1.807, 2.05) is 57.8 Å². The van der Waals surface area contributed by atoms with Gasteiger partial charge in [0.05, 0.1) is 29.9 Å². The van der Waals surface area contributed by atoms with Crippen LogP contribution in [-0.4, -0.2) is 59.2 Å². The summed E-state index contributed by atoms with van der Waals surface area (Å²) in [6.45, 7) is 1.71. The molecule has 2 aromatic carbocycles. The van der Waals surface area contributed by atoms with E-state index in [0.29, 0.717) is 54.9 Å². The van der Waals surface area contributed by atoms with E-state index in [2.05, 4.69) is 4.98 Å². The number of imidazole rings is 1.